The van der Waals surface area contributed by atoms with Crippen LogP contribution in [0.2, 0.25) is 0 Å². The van der Waals surface area contributed by atoms with E-state index in [-0.39, 0.29) is 0 Å². The SMILES string of the molecule is O=C(O)C1(N2CCOCC2)C=CNC=N1. The van der Waals surface area contributed by atoms with Gasteiger partial charge in [-0.15, -0.1) is 0 Å². The van der Waals surface area contributed by atoms with Crippen LogP contribution in [0.3, 0.4) is 0 Å². The van der Waals surface area contributed by atoms with Crippen molar-refractivity contribution in [1.82, 2.24) is 10.2 Å². The lowest BCUT2D eigenvalue weighted by molar-refractivity contribution is -0.150. The number of carbonyl (C=O) groups is 1. The molecule has 15 heavy (non-hydrogen) atoms. The normalized spacial score (nSPS) is 31.2. The van der Waals surface area contributed by atoms with E-state index in [4.69, 9.17) is 4.74 Å². The molecule has 2 heterocycles. The molecule has 2 rings (SSSR count). The Morgan fingerprint density at radius 2 is 2.27 bits per heavy atom. The second-order valence-corrected chi connectivity index (χ2v) is 3.39. The number of aliphatic carboxylic acids is 1. The van der Waals surface area contributed by atoms with Gasteiger partial charge in [0.25, 0.3) is 0 Å². The van der Waals surface area contributed by atoms with E-state index in [9.17, 15) is 9.90 Å². The molecule has 0 aromatic carbocycles. The predicted molar refractivity (Wildman–Crippen MR) is 53.5 cm³/mol. The van der Waals surface area contributed by atoms with Gasteiger partial charge in [0, 0.05) is 19.3 Å². The zero-order valence-corrected chi connectivity index (χ0v) is 8.22. The van der Waals surface area contributed by atoms with Crippen LogP contribution in [0, 0.1) is 0 Å². The van der Waals surface area contributed by atoms with Gasteiger partial charge in [0.15, 0.2) is 0 Å². The summed E-state index contributed by atoms with van der Waals surface area (Å²) >= 11 is 0. The predicted octanol–water partition coefficient (Wildman–Crippen LogP) is -0.755. The van der Waals surface area contributed by atoms with Crippen LogP contribution in [0.15, 0.2) is 17.3 Å². The van der Waals surface area contributed by atoms with Crippen LogP contribution >= 0.6 is 0 Å². The third-order valence-corrected chi connectivity index (χ3v) is 2.56. The van der Waals surface area contributed by atoms with E-state index in [1.165, 1.54) is 6.34 Å². The number of ether oxygens (including phenoxy) is 1. The molecule has 82 valence electrons. The Morgan fingerprint density at radius 3 is 2.80 bits per heavy atom. The highest BCUT2D eigenvalue weighted by atomic mass is 16.5. The summed E-state index contributed by atoms with van der Waals surface area (Å²) in [5.74, 6) is -0.960. The summed E-state index contributed by atoms with van der Waals surface area (Å²) in [6.07, 6.45) is 4.56. The fourth-order valence-electron chi connectivity index (χ4n) is 1.74. The maximum atomic E-state index is 11.3. The molecular weight excluding hydrogens is 198 g/mol. The van der Waals surface area contributed by atoms with Gasteiger partial charge in [-0.1, -0.05) is 0 Å². The van der Waals surface area contributed by atoms with Crippen molar-refractivity contribution in [3.63, 3.8) is 0 Å². The largest absolute Gasteiger partial charge is 0.478 e. The molecule has 0 aliphatic carbocycles. The Hall–Kier alpha value is -1.40. The number of carboxylic acids is 1. The quantitative estimate of drug-likeness (QED) is 0.628. The molecule has 2 aliphatic heterocycles. The van der Waals surface area contributed by atoms with E-state index < -0.39 is 11.6 Å². The van der Waals surface area contributed by atoms with E-state index in [0.29, 0.717) is 26.3 Å². The van der Waals surface area contributed by atoms with Gasteiger partial charge in [-0.2, -0.15) is 0 Å². The Morgan fingerprint density at radius 1 is 1.53 bits per heavy atom. The highest BCUT2D eigenvalue weighted by Crippen LogP contribution is 2.22. The first-order chi connectivity index (χ1) is 7.26. The molecule has 0 amide bonds. The number of nitrogens with zero attached hydrogens (tertiary/aromatic N) is 2. The van der Waals surface area contributed by atoms with E-state index >= 15 is 0 Å². The summed E-state index contributed by atoms with van der Waals surface area (Å²) < 4.78 is 5.19. The van der Waals surface area contributed by atoms with E-state index in [0.717, 1.165) is 0 Å². The average molecular weight is 211 g/mol. The second-order valence-electron chi connectivity index (χ2n) is 3.39. The van der Waals surface area contributed by atoms with Crippen molar-refractivity contribution >= 4 is 12.3 Å². The molecule has 2 N–H and O–H groups in total. The van der Waals surface area contributed by atoms with Crippen molar-refractivity contribution in [3.8, 4) is 0 Å². The summed E-state index contributed by atoms with van der Waals surface area (Å²) in [7, 11) is 0. The number of nitrogens with one attached hydrogen (secondary N) is 1. The molecule has 0 saturated carbocycles. The Balaban J connectivity index is 2.24. The van der Waals surface area contributed by atoms with Crippen LogP contribution in [0.1, 0.15) is 0 Å². The van der Waals surface area contributed by atoms with Crippen LogP contribution in [0.5, 0.6) is 0 Å². The lowest BCUT2D eigenvalue weighted by Crippen LogP contribution is -2.57. The first kappa shape index (κ1) is 10.1. The van der Waals surface area contributed by atoms with Crippen LogP contribution in [0.4, 0.5) is 0 Å². The van der Waals surface area contributed by atoms with Gasteiger partial charge in [0.1, 0.15) is 0 Å². The van der Waals surface area contributed by atoms with E-state index in [1.54, 1.807) is 17.2 Å². The second kappa shape index (κ2) is 4.00. The summed E-state index contributed by atoms with van der Waals surface area (Å²) in [5.41, 5.74) is -1.25. The van der Waals surface area contributed by atoms with Crippen molar-refractivity contribution in [2.45, 2.75) is 5.66 Å². The number of aliphatic imine (C=N–C) groups is 1. The lowest BCUT2D eigenvalue weighted by atomic mass is 10.1. The van der Waals surface area contributed by atoms with Gasteiger partial charge in [0.2, 0.25) is 5.66 Å². The van der Waals surface area contributed by atoms with Gasteiger partial charge in [-0.05, 0) is 6.08 Å². The molecule has 2 aliphatic rings. The van der Waals surface area contributed by atoms with Gasteiger partial charge in [-0.25, -0.2) is 9.79 Å². The van der Waals surface area contributed by atoms with Gasteiger partial charge >= 0.3 is 5.97 Å². The Kier molecular flexibility index (Phi) is 2.70. The van der Waals surface area contributed by atoms with Crippen molar-refractivity contribution < 1.29 is 14.6 Å². The van der Waals surface area contributed by atoms with Crippen molar-refractivity contribution in [2.75, 3.05) is 26.3 Å². The first-order valence-corrected chi connectivity index (χ1v) is 4.79. The molecule has 0 radical (unpaired) electrons. The number of morpholine rings is 1. The number of hydrogen-bond donors (Lipinski definition) is 2. The number of carboxylic acid groups (broad SMARTS) is 1. The molecule has 0 bridgehead atoms. The minimum absolute atomic E-state index is 0.547. The zero-order valence-electron chi connectivity index (χ0n) is 8.22. The maximum absolute atomic E-state index is 11.3. The third-order valence-electron chi connectivity index (χ3n) is 2.56. The van der Waals surface area contributed by atoms with Crippen molar-refractivity contribution in [1.29, 1.82) is 0 Å². The third kappa shape index (κ3) is 1.73. The van der Waals surface area contributed by atoms with Crippen molar-refractivity contribution in [2.24, 2.45) is 4.99 Å². The summed E-state index contributed by atoms with van der Waals surface area (Å²) in [4.78, 5) is 17.1. The molecule has 1 fully saturated rings. The summed E-state index contributed by atoms with van der Waals surface area (Å²) in [6, 6.07) is 0. The summed E-state index contributed by atoms with van der Waals surface area (Å²) in [6.45, 7) is 2.25. The smallest absolute Gasteiger partial charge is 0.351 e. The highest BCUT2D eigenvalue weighted by Gasteiger charge is 2.43. The Bertz CT molecular complexity index is 296. The van der Waals surface area contributed by atoms with Crippen LogP contribution in [-0.2, 0) is 9.53 Å². The molecule has 1 unspecified atom stereocenters. The Labute approximate surface area is 87.2 Å². The van der Waals surface area contributed by atoms with Crippen LogP contribution in [0.25, 0.3) is 0 Å². The average Bonchev–Trinajstić information content (AvgIpc) is 2.31. The molecule has 0 aromatic heterocycles. The lowest BCUT2D eigenvalue weighted by Gasteiger charge is -2.38. The minimum Gasteiger partial charge on any atom is -0.478 e. The molecule has 0 aromatic rings. The fraction of sp³-hybridized carbons (Fsp3) is 0.556. The van der Waals surface area contributed by atoms with Gasteiger partial charge < -0.3 is 15.2 Å². The molecule has 0 spiro atoms. The summed E-state index contributed by atoms with van der Waals surface area (Å²) in [5, 5.41) is 12.0. The van der Waals surface area contributed by atoms with Gasteiger partial charge in [0.05, 0.1) is 19.6 Å². The van der Waals surface area contributed by atoms with Gasteiger partial charge in [-0.3, -0.25) is 4.90 Å². The van der Waals surface area contributed by atoms with Crippen LogP contribution in [-0.4, -0.2) is 54.3 Å². The standard InChI is InChI=1S/C9H13N3O3/c13-8(14)9(1-2-10-7-11-9)12-3-5-15-6-4-12/h1-2,7H,3-6H2,(H,10,11)(H,13,14). The maximum Gasteiger partial charge on any atom is 0.351 e. The monoisotopic (exact) mass is 211 g/mol. The van der Waals surface area contributed by atoms with Crippen molar-refractivity contribution in [3.05, 3.63) is 12.3 Å². The van der Waals surface area contributed by atoms with E-state index in [1.807, 2.05) is 0 Å². The van der Waals surface area contributed by atoms with Crippen LogP contribution < -0.4 is 5.32 Å². The molecule has 1 saturated heterocycles. The number of hydrogen-bond acceptors (Lipinski definition) is 5. The number of rotatable bonds is 2. The minimum atomic E-state index is -1.25. The van der Waals surface area contributed by atoms with E-state index in [2.05, 4.69) is 10.3 Å². The molecular formula is C9H13N3O3. The zero-order chi connectivity index (χ0) is 10.7. The fourth-order valence-corrected chi connectivity index (χ4v) is 1.74. The highest BCUT2D eigenvalue weighted by molar-refractivity contribution is 5.84. The molecule has 6 nitrogen and oxygen atoms in total. The first-order valence-electron chi connectivity index (χ1n) is 4.79. The molecule has 6 heteroatoms. The molecule has 1 atom stereocenters. The topological polar surface area (TPSA) is 74.2 Å².